The van der Waals surface area contributed by atoms with Gasteiger partial charge in [-0.1, -0.05) is 39.8 Å². The molecule has 1 aromatic heterocycles. The molecule has 1 amide bonds. The van der Waals surface area contributed by atoms with E-state index < -0.39 is 0 Å². The standard InChI is InChI=1S/C26H35NO4/c1-17-13-20-21(26(4,5)10-9-25(20,2)3)15-18(17)14-19-7-8-22(31-19)24(28)27(6)16-23-29-11-12-30-23/h7-8,13,15,23H,9-12,14,16H2,1-6H3. The van der Waals surface area contributed by atoms with Crippen LogP contribution in [-0.2, 0) is 26.7 Å². The maximum absolute atomic E-state index is 12.7. The Balaban J connectivity index is 1.53. The van der Waals surface area contributed by atoms with Gasteiger partial charge in [0.1, 0.15) is 5.76 Å². The molecule has 1 fully saturated rings. The summed E-state index contributed by atoms with van der Waals surface area (Å²) in [4.78, 5) is 14.3. The minimum absolute atomic E-state index is 0.157. The van der Waals surface area contributed by atoms with E-state index in [4.69, 9.17) is 13.9 Å². The van der Waals surface area contributed by atoms with Gasteiger partial charge in [-0.25, -0.2) is 0 Å². The molecule has 0 N–H and O–H groups in total. The number of rotatable bonds is 5. The van der Waals surface area contributed by atoms with Gasteiger partial charge in [0.25, 0.3) is 5.91 Å². The van der Waals surface area contributed by atoms with E-state index in [1.165, 1.54) is 35.1 Å². The van der Waals surface area contributed by atoms with E-state index in [1.807, 2.05) is 6.07 Å². The summed E-state index contributed by atoms with van der Waals surface area (Å²) in [6, 6.07) is 8.43. The number of nitrogens with zero attached hydrogens (tertiary/aromatic N) is 1. The second-order valence-corrected chi connectivity index (χ2v) is 10.4. The van der Waals surface area contributed by atoms with Crippen LogP contribution in [0.3, 0.4) is 0 Å². The summed E-state index contributed by atoms with van der Waals surface area (Å²) in [6.45, 7) is 13.1. The van der Waals surface area contributed by atoms with Crippen molar-refractivity contribution in [3.8, 4) is 0 Å². The number of ether oxygens (including phenoxy) is 2. The van der Waals surface area contributed by atoms with Crippen molar-refractivity contribution in [2.45, 2.75) is 71.0 Å². The van der Waals surface area contributed by atoms with Gasteiger partial charge < -0.3 is 18.8 Å². The van der Waals surface area contributed by atoms with Gasteiger partial charge in [-0.15, -0.1) is 0 Å². The van der Waals surface area contributed by atoms with Crippen molar-refractivity contribution in [2.75, 3.05) is 26.8 Å². The molecule has 0 saturated carbocycles. The van der Waals surface area contributed by atoms with Crippen LogP contribution < -0.4 is 0 Å². The normalized spacial score (nSPS) is 19.9. The molecular formula is C26H35NO4. The van der Waals surface area contributed by atoms with Gasteiger partial charge in [-0.2, -0.15) is 0 Å². The lowest BCUT2D eigenvalue weighted by atomic mass is 9.62. The molecule has 1 saturated heterocycles. The number of likely N-dealkylation sites (N-methyl/N-ethyl adjacent to an activating group) is 1. The van der Waals surface area contributed by atoms with E-state index in [1.54, 1.807) is 18.0 Å². The van der Waals surface area contributed by atoms with Gasteiger partial charge in [0, 0.05) is 13.5 Å². The van der Waals surface area contributed by atoms with Gasteiger partial charge in [0.2, 0.25) is 0 Å². The van der Waals surface area contributed by atoms with Crippen LogP contribution in [0.15, 0.2) is 28.7 Å². The fraction of sp³-hybridized carbons (Fsp3) is 0.577. The molecule has 1 aliphatic heterocycles. The highest BCUT2D eigenvalue weighted by Gasteiger charge is 2.37. The molecule has 0 atom stereocenters. The van der Waals surface area contributed by atoms with Gasteiger partial charge in [-0.3, -0.25) is 4.79 Å². The summed E-state index contributed by atoms with van der Waals surface area (Å²) in [5.74, 6) is 1.00. The highest BCUT2D eigenvalue weighted by atomic mass is 16.7. The van der Waals surface area contributed by atoms with Crippen molar-refractivity contribution in [3.05, 3.63) is 58.0 Å². The molecule has 1 aromatic carbocycles. The third-order valence-electron chi connectivity index (χ3n) is 7.01. The zero-order valence-electron chi connectivity index (χ0n) is 19.7. The molecule has 0 unspecified atom stereocenters. The number of amides is 1. The number of furan rings is 1. The zero-order valence-corrected chi connectivity index (χ0v) is 19.7. The van der Waals surface area contributed by atoms with Gasteiger partial charge >= 0.3 is 0 Å². The third-order valence-corrected chi connectivity index (χ3v) is 7.01. The smallest absolute Gasteiger partial charge is 0.289 e. The van der Waals surface area contributed by atoms with Gasteiger partial charge in [-0.05, 0) is 65.0 Å². The topological polar surface area (TPSA) is 51.9 Å². The molecule has 1 aliphatic carbocycles. The van der Waals surface area contributed by atoms with Crippen LogP contribution >= 0.6 is 0 Å². The summed E-state index contributed by atoms with van der Waals surface area (Å²) in [6.07, 6.45) is 2.73. The first kappa shape index (κ1) is 22.1. The maximum Gasteiger partial charge on any atom is 0.289 e. The van der Waals surface area contributed by atoms with Crippen molar-refractivity contribution in [1.29, 1.82) is 0 Å². The molecule has 0 radical (unpaired) electrons. The lowest BCUT2D eigenvalue weighted by Gasteiger charge is -2.42. The van der Waals surface area contributed by atoms with Gasteiger partial charge in [0.05, 0.1) is 19.8 Å². The Hall–Kier alpha value is -2.11. The monoisotopic (exact) mass is 425 g/mol. The minimum Gasteiger partial charge on any atom is -0.456 e. The SMILES string of the molecule is Cc1cc2c(cc1Cc1ccc(C(=O)N(C)CC3OCCO3)o1)C(C)(C)CCC2(C)C. The molecule has 4 rings (SSSR count). The first-order chi connectivity index (χ1) is 14.6. The first-order valence-electron chi connectivity index (χ1n) is 11.3. The molecule has 0 bridgehead atoms. The van der Waals surface area contributed by atoms with Crippen LogP contribution in [0.25, 0.3) is 0 Å². The molecular weight excluding hydrogens is 390 g/mol. The lowest BCUT2D eigenvalue weighted by molar-refractivity contribution is -0.0546. The van der Waals surface area contributed by atoms with Crippen LogP contribution in [0, 0.1) is 6.92 Å². The third kappa shape index (κ3) is 4.44. The maximum atomic E-state index is 12.7. The minimum atomic E-state index is -0.353. The fourth-order valence-electron chi connectivity index (χ4n) is 4.74. The highest BCUT2D eigenvalue weighted by Crippen LogP contribution is 2.46. The summed E-state index contributed by atoms with van der Waals surface area (Å²) >= 11 is 0. The number of benzene rings is 1. The summed E-state index contributed by atoms with van der Waals surface area (Å²) in [7, 11) is 1.74. The Kier molecular flexibility index (Phi) is 5.78. The van der Waals surface area contributed by atoms with Crippen molar-refractivity contribution < 1.29 is 18.7 Å². The van der Waals surface area contributed by atoms with Gasteiger partial charge in [0.15, 0.2) is 12.1 Å². The predicted octanol–water partition coefficient (Wildman–Crippen LogP) is 4.97. The zero-order chi connectivity index (χ0) is 22.4. The molecule has 5 nitrogen and oxygen atoms in total. The first-order valence-corrected chi connectivity index (χ1v) is 11.3. The molecule has 5 heteroatoms. The molecule has 2 heterocycles. The average molecular weight is 426 g/mol. The highest BCUT2D eigenvalue weighted by molar-refractivity contribution is 5.91. The van der Waals surface area contributed by atoms with Crippen LogP contribution in [0.1, 0.15) is 79.1 Å². The van der Waals surface area contributed by atoms with Crippen molar-refractivity contribution >= 4 is 5.91 Å². The Morgan fingerprint density at radius 2 is 1.65 bits per heavy atom. The number of fused-ring (bicyclic) bond motifs is 1. The Morgan fingerprint density at radius 3 is 2.29 bits per heavy atom. The summed E-state index contributed by atoms with van der Waals surface area (Å²) in [5.41, 5.74) is 5.84. The second-order valence-electron chi connectivity index (χ2n) is 10.4. The predicted molar refractivity (Wildman–Crippen MR) is 121 cm³/mol. The number of hydrogen-bond donors (Lipinski definition) is 0. The van der Waals surface area contributed by atoms with E-state index in [9.17, 15) is 4.79 Å². The van der Waals surface area contributed by atoms with Crippen LogP contribution in [0.5, 0.6) is 0 Å². The van der Waals surface area contributed by atoms with Crippen LogP contribution in [0.2, 0.25) is 0 Å². The van der Waals surface area contributed by atoms with Crippen molar-refractivity contribution in [2.24, 2.45) is 0 Å². The molecule has 31 heavy (non-hydrogen) atoms. The largest absolute Gasteiger partial charge is 0.456 e. The van der Waals surface area contributed by atoms with E-state index >= 15 is 0 Å². The number of carbonyl (C=O) groups excluding carboxylic acids is 1. The van der Waals surface area contributed by atoms with Crippen molar-refractivity contribution in [3.63, 3.8) is 0 Å². The van der Waals surface area contributed by atoms with E-state index in [0.717, 1.165) is 5.76 Å². The Bertz CT molecular complexity index is 966. The fourth-order valence-corrected chi connectivity index (χ4v) is 4.74. The van der Waals surface area contributed by atoms with E-state index in [-0.39, 0.29) is 23.0 Å². The number of hydrogen-bond acceptors (Lipinski definition) is 4. The summed E-state index contributed by atoms with van der Waals surface area (Å²) < 4.78 is 16.8. The molecule has 2 aliphatic rings. The quantitative estimate of drug-likeness (QED) is 0.678. The molecule has 2 aromatic rings. The average Bonchev–Trinajstić information content (AvgIpc) is 3.38. The van der Waals surface area contributed by atoms with Crippen LogP contribution in [0.4, 0.5) is 0 Å². The lowest BCUT2D eigenvalue weighted by Crippen LogP contribution is -2.34. The Morgan fingerprint density at radius 1 is 1.03 bits per heavy atom. The molecule has 0 spiro atoms. The number of aryl methyl sites for hydroxylation is 1. The molecule has 168 valence electrons. The van der Waals surface area contributed by atoms with E-state index in [2.05, 4.69) is 46.8 Å². The Labute approximate surface area is 185 Å². The summed E-state index contributed by atoms with van der Waals surface area (Å²) in [5, 5.41) is 0. The second kappa shape index (κ2) is 8.10. The van der Waals surface area contributed by atoms with E-state index in [0.29, 0.717) is 31.9 Å². The van der Waals surface area contributed by atoms with Crippen LogP contribution in [-0.4, -0.2) is 43.9 Å². The van der Waals surface area contributed by atoms with Crippen molar-refractivity contribution in [1.82, 2.24) is 4.90 Å². The number of carbonyl (C=O) groups is 1.